The van der Waals surface area contributed by atoms with Gasteiger partial charge in [0.2, 0.25) is 0 Å². The third-order valence-electron chi connectivity index (χ3n) is 6.54. The number of benzene rings is 4. The lowest BCUT2D eigenvalue weighted by atomic mass is 9.83. The molecule has 0 saturated carbocycles. The van der Waals surface area contributed by atoms with Crippen molar-refractivity contribution in [1.29, 1.82) is 0 Å². The third-order valence-corrected chi connectivity index (χ3v) is 7.66. The fourth-order valence-electron chi connectivity index (χ4n) is 5.09. The van der Waals surface area contributed by atoms with Gasteiger partial charge in [0.1, 0.15) is 0 Å². The van der Waals surface area contributed by atoms with Crippen LogP contribution in [0.1, 0.15) is 28.7 Å². The molecule has 2 heterocycles. The van der Waals surface area contributed by atoms with Crippen molar-refractivity contribution in [2.45, 2.75) is 12.0 Å². The van der Waals surface area contributed by atoms with E-state index in [1.54, 1.807) is 12.2 Å². The molecule has 2 aliphatic rings. The van der Waals surface area contributed by atoms with Crippen LogP contribution in [0.3, 0.4) is 0 Å². The number of hydrogen-bond donors (Lipinski definition) is 1. The Labute approximate surface area is 192 Å². The highest BCUT2D eigenvalue weighted by molar-refractivity contribution is 7.26. The van der Waals surface area contributed by atoms with Crippen LogP contribution < -0.4 is 5.32 Å². The average Bonchev–Trinajstić information content (AvgIpc) is 3.40. The van der Waals surface area contributed by atoms with Gasteiger partial charge in [-0.3, -0.25) is 0 Å². The van der Waals surface area contributed by atoms with Gasteiger partial charge < -0.3 is 5.32 Å². The first-order chi connectivity index (χ1) is 15.8. The second-order valence-corrected chi connectivity index (χ2v) is 9.39. The van der Waals surface area contributed by atoms with Crippen molar-refractivity contribution in [3.05, 3.63) is 121 Å². The quantitative estimate of drug-likeness (QED) is 0.262. The summed E-state index contributed by atoms with van der Waals surface area (Å²) in [5, 5.41) is 9.28. The summed E-state index contributed by atoms with van der Waals surface area (Å²) in [6.07, 6.45) is 7.94. The molecule has 32 heavy (non-hydrogen) atoms. The minimum absolute atomic E-state index is 0.343. The summed E-state index contributed by atoms with van der Waals surface area (Å²) < 4.78 is 2.76. The summed E-state index contributed by atoms with van der Waals surface area (Å²) in [7, 11) is 0. The summed E-state index contributed by atoms with van der Waals surface area (Å²) in [6, 6.07) is 27.2. The van der Waals surface area contributed by atoms with Crippen LogP contribution in [0.5, 0.6) is 0 Å². The van der Waals surface area contributed by atoms with Crippen LogP contribution in [0, 0.1) is 0 Å². The van der Waals surface area contributed by atoms with E-state index in [0.29, 0.717) is 12.0 Å². The minimum atomic E-state index is 0.343. The summed E-state index contributed by atoms with van der Waals surface area (Å²) in [6.45, 7) is 6.72. The molecule has 0 bridgehead atoms. The molecule has 1 aliphatic carbocycles. The molecule has 0 fully saturated rings. The molecular formula is C30H23NS. The maximum Gasteiger partial charge on any atom is 0.0623 e. The Bertz CT molecular complexity index is 1550. The van der Waals surface area contributed by atoms with Gasteiger partial charge >= 0.3 is 0 Å². The van der Waals surface area contributed by atoms with Crippen LogP contribution in [-0.2, 0) is 0 Å². The molecule has 7 rings (SSSR count). The van der Waals surface area contributed by atoms with E-state index in [2.05, 4.69) is 103 Å². The fraction of sp³-hybridized carbons (Fsp3) is 0.0667. The summed E-state index contributed by atoms with van der Waals surface area (Å²) >= 11 is 1.92. The standard InChI is InChI=1S/C26H17NS.C4H6/c1-3-7-17-15(5-1)10-12-23-25(17)21-13-22-20(14-24(21)28-23)19-11-9-16-6-2-4-8-18(16)26(19)27-22;1-3-4-2/h1-14,19,26-27H;3-4H,1-2H2. The first-order valence-corrected chi connectivity index (χ1v) is 11.7. The molecule has 4 aromatic carbocycles. The Hall–Kier alpha value is -3.62. The van der Waals surface area contributed by atoms with Gasteiger partial charge in [-0.05, 0) is 45.7 Å². The zero-order valence-electron chi connectivity index (χ0n) is 17.7. The molecule has 0 radical (unpaired) electrons. The average molecular weight is 430 g/mol. The summed E-state index contributed by atoms with van der Waals surface area (Å²) in [5.74, 6) is 0.413. The highest BCUT2D eigenvalue weighted by Gasteiger charge is 2.35. The lowest BCUT2D eigenvalue weighted by Crippen LogP contribution is -2.14. The molecule has 2 heteroatoms. The van der Waals surface area contributed by atoms with Crippen molar-refractivity contribution in [2.24, 2.45) is 0 Å². The van der Waals surface area contributed by atoms with Crippen LogP contribution in [-0.4, -0.2) is 0 Å². The number of rotatable bonds is 1. The van der Waals surface area contributed by atoms with Crippen molar-refractivity contribution in [2.75, 3.05) is 5.32 Å². The number of nitrogens with one attached hydrogen (secondary N) is 1. The van der Waals surface area contributed by atoms with E-state index in [1.807, 2.05) is 11.3 Å². The smallest absolute Gasteiger partial charge is 0.0623 e. The summed E-state index contributed by atoms with van der Waals surface area (Å²) in [4.78, 5) is 0. The first kappa shape index (κ1) is 19.1. The highest BCUT2D eigenvalue weighted by Crippen LogP contribution is 2.51. The molecule has 1 aliphatic heterocycles. The molecule has 1 nitrogen and oxygen atoms in total. The number of fused-ring (bicyclic) bond motifs is 10. The van der Waals surface area contributed by atoms with Crippen LogP contribution in [0.2, 0.25) is 0 Å². The molecule has 0 saturated heterocycles. The van der Waals surface area contributed by atoms with E-state index >= 15 is 0 Å². The van der Waals surface area contributed by atoms with E-state index in [1.165, 1.54) is 53.3 Å². The van der Waals surface area contributed by atoms with E-state index in [9.17, 15) is 0 Å². The maximum atomic E-state index is 3.84. The van der Waals surface area contributed by atoms with Crippen molar-refractivity contribution in [3.63, 3.8) is 0 Å². The summed E-state index contributed by atoms with van der Waals surface area (Å²) in [5.41, 5.74) is 5.46. The SMILES string of the molecule is C1=CC2c3cc4sc5ccc6ccccc6c5c4cc3NC2c2ccccc21.C=CC=C. The van der Waals surface area contributed by atoms with Crippen molar-refractivity contribution in [1.82, 2.24) is 0 Å². The second kappa shape index (κ2) is 7.51. The Morgan fingerprint density at radius 3 is 2.47 bits per heavy atom. The van der Waals surface area contributed by atoms with E-state index in [-0.39, 0.29) is 0 Å². The molecule has 2 atom stereocenters. The van der Waals surface area contributed by atoms with Crippen molar-refractivity contribution < 1.29 is 0 Å². The third kappa shape index (κ3) is 2.84. The van der Waals surface area contributed by atoms with E-state index in [0.717, 1.165) is 0 Å². The van der Waals surface area contributed by atoms with Crippen LogP contribution in [0.15, 0.2) is 104 Å². The zero-order valence-corrected chi connectivity index (χ0v) is 18.5. The molecule has 1 aromatic heterocycles. The minimum Gasteiger partial charge on any atom is -0.377 e. The lowest BCUT2D eigenvalue weighted by molar-refractivity contribution is 0.727. The molecule has 2 unspecified atom stereocenters. The molecule has 0 amide bonds. The van der Waals surface area contributed by atoms with Gasteiger partial charge in [0, 0.05) is 31.8 Å². The van der Waals surface area contributed by atoms with Gasteiger partial charge in [-0.1, -0.05) is 92.1 Å². The van der Waals surface area contributed by atoms with E-state index in [4.69, 9.17) is 0 Å². The molecule has 5 aromatic rings. The largest absolute Gasteiger partial charge is 0.377 e. The number of thiophene rings is 1. The van der Waals surface area contributed by atoms with Gasteiger partial charge in [0.05, 0.1) is 6.04 Å². The van der Waals surface area contributed by atoms with Crippen LogP contribution >= 0.6 is 11.3 Å². The second-order valence-electron chi connectivity index (χ2n) is 8.30. The van der Waals surface area contributed by atoms with Gasteiger partial charge in [-0.25, -0.2) is 0 Å². The lowest BCUT2D eigenvalue weighted by Gasteiger charge is -2.24. The normalized spacial score (nSPS) is 17.8. The Kier molecular flexibility index (Phi) is 4.48. The van der Waals surface area contributed by atoms with Gasteiger partial charge in [-0.15, -0.1) is 11.3 Å². The number of hydrogen-bond acceptors (Lipinski definition) is 2. The van der Waals surface area contributed by atoms with Gasteiger partial charge in [-0.2, -0.15) is 0 Å². The van der Waals surface area contributed by atoms with E-state index < -0.39 is 0 Å². The fourth-order valence-corrected chi connectivity index (χ4v) is 6.24. The molecule has 154 valence electrons. The Morgan fingerprint density at radius 1 is 0.781 bits per heavy atom. The van der Waals surface area contributed by atoms with Crippen molar-refractivity contribution >= 4 is 54.0 Å². The zero-order chi connectivity index (χ0) is 21.7. The molecular weight excluding hydrogens is 406 g/mol. The maximum absolute atomic E-state index is 3.84. The van der Waals surface area contributed by atoms with Crippen molar-refractivity contribution in [3.8, 4) is 0 Å². The molecule has 0 spiro atoms. The monoisotopic (exact) mass is 429 g/mol. The molecule has 1 N–H and O–H groups in total. The van der Waals surface area contributed by atoms with Crippen LogP contribution in [0.25, 0.3) is 37.0 Å². The topological polar surface area (TPSA) is 12.0 Å². The predicted molar refractivity (Wildman–Crippen MR) is 142 cm³/mol. The van der Waals surface area contributed by atoms with Crippen LogP contribution in [0.4, 0.5) is 5.69 Å². The Morgan fingerprint density at radius 2 is 1.59 bits per heavy atom. The predicted octanol–water partition coefficient (Wildman–Crippen LogP) is 8.84. The first-order valence-electron chi connectivity index (χ1n) is 10.9. The highest BCUT2D eigenvalue weighted by atomic mass is 32.1. The number of anilines is 1. The number of allylic oxidation sites excluding steroid dienone is 2. The van der Waals surface area contributed by atoms with Gasteiger partial charge in [0.15, 0.2) is 0 Å². The Balaban J connectivity index is 0.000000455. The van der Waals surface area contributed by atoms with Gasteiger partial charge in [0.25, 0.3) is 0 Å².